The fourth-order valence-electron chi connectivity index (χ4n) is 2.07. The van der Waals surface area contributed by atoms with Crippen LogP contribution in [0, 0.1) is 0 Å². The van der Waals surface area contributed by atoms with Crippen molar-refractivity contribution in [2.24, 2.45) is 0 Å². The van der Waals surface area contributed by atoms with Gasteiger partial charge in [-0.05, 0) is 24.6 Å². The van der Waals surface area contributed by atoms with Crippen LogP contribution in [0.2, 0.25) is 0 Å². The first-order valence-corrected chi connectivity index (χ1v) is 6.21. The number of nitrogens with zero attached hydrogens (tertiary/aromatic N) is 1. The normalized spacial score (nSPS) is 19.7. The molecular formula is C14H19NO3. The van der Waals surface area contributed by atoms with Gasteiger partial charge >= 0.3 is 0 Å². The summed E-state index contributed by atoms with van der Waals surface area (Å²) in [5.74, 6) is 0.974. The van der Waals surface area contributed by atoms with Gasteiger partial charge in [0.05, 0.1) is 26.2 Å². The maximum Gasteiger partial charge on any atom is 0.227 e. The predicted molar refractivity (Wildman–Crippen MR) is 68.7 cm³/mol. The van der Waals surface area contributed by atoms with Crippen molar-refractivity contribution in [3.63, 3.8) is 0 Å². The number of rotatable bonds is 3. The number of carbonyl (C=O) groups excluding carboxylic acids is 1. The van der Waals surface area contributed by atoms with E-state index in [-0.39, 0.29) is 12.0 Å². The molecule has 1 heterocycles. The molecule has 1 atom stereocenters. The highest BCUT2D eigenvalue weighted by Crippen LogP contribution is 2.13. The summed E-state index contributed by atoms with van der Waals surface area (Å²) >= 11 is 0. The summed E-state index contributed by atoms with van der Waals surface area (Å²) in [6.07, 6.45) is 0.579. The molecule has 0 bridgehead atoms. The van der Waals surface area contributed by atoms with Gasteiger partial charge in [-0.2, -0.15) is 0 Å². The van der Waals surface area contributed by atoms with Crippen molar-refractivity contribution in [3.8, 4) is 5.75 Å². The molecule has 4 nitrogen and oxygen atoms in total. The number of morpholine rings is 1. The first-order valence-electron chi connectivity index (χ1n) is 6.21. The van der Waals surface area contributed by atoms with Gasteiger partial charge in [0, 0.05) is 13.1 Å². The molecule has 1 aromatic rings. The van der Waals surface area contributed by atoms with Gasteiger partial charge in [0.1, 0.15) is 5.75 Å². The van der Waals surface area contributed by atoms with Crippen molar-refractivity contribution in [1.29, 1.82) is 0 Å². The van der Waals surface area contributed by atoms with Gasteiger partial charge in [-0.1, -0.05) is 12.1 Å². The first-order chi connectivity index (χ1) is 8.69. The third-order valence-corrected chi connectivity index (χ3v) is 3.11. The van der Waals surface area contributed by atoms with Gasteiger partial charge in [0.25, 0.3) is 0 Å². The Morgan fingerprint density at radius 3 is 2.78 bits per heavy atom. The molecule has 0 aliphatic carbocycles. The van der Waals surface area contributed by atoms with E-state index in [0.29, 0.717) is 26.1 Å². The molecule has 0 N–H and O–H groups in total. The van der Waals surface area contributed by atoms with Crippen LogP contribution in [0.4, 0.5) is 0 Å². The molecule has 98 valence electrons. The van der Waals surface area contributed by atoms with Crippen LogP contribution < -0.4 is 4.74 Å². The van der Waals surface area contributed by atoms with E-state index in [1.165, 1.54) is 0 Å². The Hall–Kier alpha value is -1.55. The Labute approximate surface area is 107 Å². The van der Waals surface area contributed by atoms with Crippen LogP contribution in [0.3, 0.4) is 0 Å². The lowest BCUT2D eigenvalue weighted by Gasteiger charge is -2.31. The molecule has 1 amide bonds. The zero-order chi connectivity index (χ0) is 13.0. The molecule has 0 radical (unpaired) electrons. The Kier molecular flexibility index (Phi) is 4.20. The Bertz CT molecular complexity index is 402. The van der Waals surface area contributed by atoms with Crippen molar-refractivity contribution in [2.75, 3.05) is 26.8 Å². The summed E-state index contributed by atoms with van der Waals surface area (Å²) in [6.45, 7) is 4.01. The second kappa shape index (κ2) is 5.87. The Morgan fingerprint density at radius 1 is 1.44 bits per heavy atom. The fraction of sp³-hybridized carbons (Fsp3) is 0.500. The van der Waals surface area contributed by atoms with Crippen LogP contribution in [0.5, 0.6) is 5.75 Å². The second-order valence-electron chi connectivity index (χ2n) is 4.55. The highest BCUT2D eigenvalue weighted by atomic mass is 16.5. The smallest absolute Gasteiger partial charge is 0.227 e. The van der Waals surface area contributed by atoms with Gasteiger partial charge in [-0.3, -0.25) is 4.79 Å². The van der Waals surface area contributed by atoms with E-state index >= 15 is 0 Å². The standard InChI is InChI=1S/C14H19NO3/c1-11-10-15(7-8-18-11)14(16)9-12-3-5-13(17-2)6-4-12/h3-6,11H,7-10H2,1-2H3/t11-/m1/s1. The van der Waals surface area contributed by atoms with Crippen LogP contribution in [0.1, 0.15) is 12.5 Å². The number of hydrogen-bond acceptors (Lipinski definition) is 3. The summed E-state index contributed by atoms with van der Waals surface area (Å²) < 4.78 is 10.5. The summed E-state index contributed by atoms with van der Waals surface area (Å²) in [7, 11) is 1.63. The lowest BCUT2D eigenvalue weighted by atomic mass is 10.1. The Balaban J connectivity index is 1.93. The van der Waals surface area contributed by atoms with Gasteiger partial charge in [0.15, 0.2) is 0 Å². The monoisotopic (exact) mass is 249 g/mol. The van der Waals surface area contributed by atoms with E-state index in [1.807, 2.05) is 36.1 Å². The molecule has 1 aliphatic rings. The molecule has 18 heavy (non-hydrogen) atoms. The van der Waals surface area contributed by atoms with Crippen molar-refractivity contribution >= 4 is 5.91 Å². The lowest BCUT2D eigenvalue weighted by Crippen LogP contribution is -2.45. The first kappa shape index (κ1) is 12.9. The van der Waals surface area contributed by atoms with E-state index < -0.39 is 0 Å². The van der Waals surface area contributed by atoms with Crippen LogP contribution >= 0.6 is 0 Å². The molecule has 2 rings (SSSR count). The predicted octanol–water partition coefficient (Wildman–Crippen LogP) is 1.49. The molecule has 1 saturated heterocycles. The molecule has 0 spiro atoms. The average molecular weight is 249 g/mol. The Morgan fingerprint density at radius 2 is 2.17 bits per heavy atom. The molecule has 1 aromatic carbocycles. The van der Waals surface area contributed by atoms with Crippen molar-refractivity contribution in [3.05, 3.63) is 29.8 Å². The molecule has 1 fully saturated rings. The average Bonchev–Trinajstić information content (AvgIpc) is 2.39. The molecular weight excluding hydrogens is 230 g/mol. The molecule has 0 unspecified atom stereocenters. The maximum absolute atomic E-state index is 12.1. The largest absolute Gasteiger partial charge is 0.497 e. The SMILES string of the molecule is COc1ccc(CC(=O)N2CCO[C@H](C)C2)cc1. The van der Waals surface area contributed by atoms with E-state index in [9.17, 15) is 4.79 Å². The van der Waals surface area contributed by atoms with Crippen molar-refractivity contribution < 1.29 is 14.3 Å². The second-order valence-corrected chi connectivity index (χ2v) is 4.55. The van der Waals surface area contributed by atoms with E-state index in [2.05, 4.69) is 0 Å². The number of amides is 1. The van der Waals surface area contributed by atoms with Gasteiger partial charge in [-0.25, -0.2) is 0 Å². The van der Waals surface area contributed by atoms with E-state index in [0.717, 1.165) is 11.3 Å². The number of ether oxygens (including phenoxy) is 2. The minimum atomic E-state index is 0.138. The fourth-order valence-corrected chi connectivity index (χ4v) is 2.07. The van der Waals surface area contributed by atoms with Crippen LogP contribution in [-0.4, -0.2) is 43.7 Å². The van der Waals surface area contributed by atoms with E-state index in [1.54, 1.807) is 7.11 Å². The number of hydrogen-bond donors (Lipinski definition) is 0. The summed E-state index contributed by atoms with van der Waals surface area (Å²) in [4.78, 5) is 14.0. The highest BCUT2D eigenvalue weighted by molar-refractivity contribution is 5.78. The zero-order valence-corrected chi connectivity index (χ0v) is 10.9. The summed E-state index contributed by atoms with van der Waals surface area (Å²) in [6, 6.07) is 7.62. The van der Waals surface area contributed by atoms with E-state index in [4.69, 9.17) is 9.47 Å². The topological polar surface area (TPSA) is 38.8 Å². The van der Waals surface area contributed by atoms with Crippen LogP contribution in [0.25, 0.3) is 0 Å². The van der Waals surface area contributed by atoms with Crippen LogP contribution in [-0.2, 0) is 16.0 Å². The van der Waals surface area contributed by atoms with Gasteiger partial charge in [-0.15, -0.1) is 0 Å². The number of carbonyl (C=O) groups is 1. The van der Waals surface area contributed by atoms with Gasteiger partial charge in [0.2, 0.25) is 5.91 Å². The van der Waals surface area contributed by atoms with Crippen molar-refractivity contribution in [2.45, 2.75) is 19.4 Å². The van der Waals surface area contributed by atoms with Gasteiger partial charge < -0.3 is 14.4 Å². The zero-order valence-electron chi connectivity index (χ0n) is 10.9. The van der Waals surface area contributed by atoms with Crippen LogP contribution in [0.15, 0.2) is 24.3 Å². The number of methoxy groups -OCH3 is 1. The number of benzene rings is 1. The lowest BCUT2D eigenvalue weighted by molar-refractivity contribution is -0.137. The molecule has 1 aliphatic heterocycles. The minimum absolute atomic E-state index is 0.138. The van der Waals surface area contributed by atoms with Crippen molar-refractivity contribution in [1.82, 2.24) is 4.90 Å². The summed E-state index contributed by atoms with van der Waals surface area (Å²) in [5, 5.41) is 0. The molecule has 0 saturated carbocycles. The molecule has 4 heteroatoms. The third-order valence-electron chi connectivity index (χ3n) is 3.11. The third kappa shape index (κ3) is 3.23. The quantitative estimate of drug-likeness (QED) is 0.814. The molecule has 0 aromatic heterocycles. The maximum atomic E-state index is 12.1. The highest BCUT2D eigenvalue weighted by Gasteiger charge is 2.21. The minimum Gasteiger partial charge on any atom is -0.497 e. The summed E-state index contributed by atoms with van der Waals surface area (Å²) in [5.41, 5.74) is 1.01.